The van der Waals surface area contributed by atoms with Crippen LogP contribution in [0.25, 0.3) is 37.5 Å². The molecule has 0 aromatic heterocycles. The van der Waals surface area contributed by atoms with Crippen LogP contribution >= 0.6 is 0 Å². The number of nitriles is 1. The molecule has 0 spiro atoms. The van der Waals surface area contributed by atoms with Gasteiger partial charge < -0.3 is 21.5 Å². The van der Waals surface area contributed by atoms with E-state index in [9.17, 15) is 10.4 Å². The number of anilines is 3. The molecule has 7 rings (SSSR count). The van der Waals surface area contributed by atoms with Crippen LogP contribution in [0.5, 0.6) is 0 Å². The van der Waals surface area contributed by atoms with Gasteiger partial charge in [-0.1, -0.05) is 178 Å². The van der Waals surface area contributed by atoms with Gasteiger partial charge in [0.15, 0.2) is 0 Å². The van der Waals surface area contributed by atoms with Gasteiger partial charge in [-0.2, -0.15) is 0 Å². The lowest BCUT2D eigenvalue weighted by Crippen LogP contribution is -2.31. The number of rotatable bonds is 26. The first kappa shape index (κ1) is 51.5. The molecule has 5 aromatic carbocycles. The molecule has 2 aliphatic rings. The van der Waals surface area contributed by atoms with Crippen LogP contribution in [0, 0.1) is 17.9 Å². The first-order valence-electron chi connectivity index (χ1n) is 27.2. The quantitative estimate of drug-likeness (QED) is 0.0125. The van der Waals surface area contributed by atoms with Gasteiger partial charge in [0.25, 0.3) is 5.70 Å². The fourth-order valence-corrected chi connectivity index (χ4v) is 11.2. The van der Waals surface area contributed by atoms with Crippen molar-refractivity contribution in [1.82, 2.24) is 0 Å². The summed E-state index contributed by atoms with van der Waals surface area (Å²) in [4.78, 5) is 6.51. The Morgan fingerprint density at radius 3 is 1.64 bits per heavy atom. The van der Waals surface area contributed by atoms with Crippen molar-refractivity contribution >= 4 is 55.5 Å². The molecule has 0 radical (unpaired) electrons. The van der Waals surface area contributed by atoms with Gasteiger partial charge in [-0.05, 0) is 60.9 Å². The van der Waals surface area contributed by atoms with Crippen LogP contribution in [0.15, 0.2) is 108 Å². The maximum absolute atomic E-state index is 13.1. The number of nitrogens with two attached hydrogens (primary N) is 2. The summed E-state index contributed by atoms with van der Waals surface area (Å²) in [5.41, 5.74) is 24.5. The molecule has 0 saturated heterocycles. The van der Waals surface area contributed by atoms with E-state index in [2.05, 4.69) is 96.6 Å². The molecule has 0 amide bonds. The minimum atomic E-state index is -0.0732. The van der Waals surface area contributed by atoms with Crippen LogP contribution < -0.4 is 16.4 Å². The molecule has 0 bridgehead atoms. The molecule has 70 heavy (non-hydrogen) atoms. The lowest BCUT2D eigenvalue weighted by Gasteiger charge is -2.36. The SMILES string of the molecule is [C-]#[N+]C(C#N)=C1C(c2c3ccccc3c(N(CCCCCCC)CCCCCCC)c3cccc(N)c23)=C(O)/C1=C1\c2ccccc2C(=[N+](CCCCCCC)CCCCCCC)c2cccc(N)c21. The number of fused-ring (bicyclic) bond motifs is 4. The van der Waals surface area contributed by atoms with E-state index in [1.54, 1.807) is 0 Å². The van der Waals surface area contributed by atoms with Crippen molar-refractivity contribution in [2.75, 3.05) is 42.5 Å². The van der Waals surface area contributed by atoms with Crippen molar-refractivity contribution < 1.29 is 9.68 Å². The van der Waals surface area contributed by atoms with E-state index in [1.807, 2.05) is 36.4 Å². The number of benzene rings is 5. The Kier molecular flexibility index (Phi) is 18.8. The maximum atomic E-state index is 13.1. The van der Waals surface area contributed by atoms with Crippen LogP contribution in [-0.4, -0.2) is 41.6 Å². The first-order chi connectivity index (χ1) is 34.4. The molecule has 7 heteroatoms. The second-order valence-electron chi connectivity index (χ2n) is 19.8. The summed E-state index contributed by atoms with van der Waals surface area (Å²) in [7, 11) is 0. The van der Waals surface area contributed by atoms with Gasteiger partial charge in [-0.3, -0.25) is 0 Å². The Morgan fingerprint density at radius 2 is 1.06 bits per heavy atom. The lowest BCUT2D eigenvalue weighted by molar-refractivity contribution is -0.528. The third-order valence-electron chi connectivity index (χ3n) is 14.8. The van der Waals surface area contributed by atoms with Crippen LogP contribution in [0.2, 0.25) is 0 Å². The predicted octanol–water partition coefficient (Wildman–Crippen LogP) is 16.5. The summed E-state index contributed by atoms with van der Waals surface area (Å²) in [6, 6.07) is 31.5. The molecule has 0 aliphatic heterocycles. The summed E-state index contributed by atoms with van der Waals surface area (Å²) in [6.07, 6.45) is 23.9. The zero-order valence-corrected chi connectivity index (χ0v) is 42.9. The minimum Gasteiger partial charge on any atom is -0.507 e. The summed E-state index contributed by atoms with van der Waals surface area (Å²) in [5.74, 6) is 0.0451. The first-order valence-corrected chi connectivity index (χ1v) is 27.2. The Labute approximate surface area is 420 Å². The van der Waals surface area contributed by atoms with Crippen molar-refractivity contribution in [1.29, 1.82) is 5.26 Å². The third kappa shape index (κ3) is 11.0. The van der Waals surface area contributed by atoms with Crippen molar-refractivity contribution in [3.05, 3.63) is 147 Å². The number of aliphatic hydroxyl groups is 1. The van der Waals surface area contributed by atoms with E-state index in [0.717, 1.165) is 118 Å². The van der Waals surface area contributed by atoms with Crippen molar-refractivity contribution in [2.45, 2.75) is 156 Å². The second-order valence-corrected chi connectivity index (χ2v) is 19.8. The Hall–Kier alpha value is -6.31. The summed E-state index contributed by atoms with van der Waals surface area (Å²) in [6.45, 7) is 21.3. The topological polar surface area (TPSA) is 107 Å². The van der Waals surface area contributed by atoms with Crippen LogP contribution in [-0.2, 0) is 0 Å². The van der Waals surface area contributed by atoms with Gasteiger partial charge in [-0.15, -0.1) is 0 Å². The second kappa shape index (κ2) is 25.5. The highest BCUT2D eigenvalue weighted by atomic mass is 16.3. The average molecular weight is 936 g/mol. The van der Waals surface area contributed by atoms with Crippen molar-refractivity contribution in [2.24, 2.45) is 0 Å². The summed E-state index contributed by atoms with van der Waals surface area (Å²) < 4.78 is 2.59. The Bertz CT molecular complexity index is 2800. The Morgan fingerprint density at radius 1 is 0.557 bits per heavy atom. The molecule has 366 valence electrons. The van der Waals surface area contributed by atoms with Gasteiger partial charge in [0.1, 0.15) is 18.8 Å². The highest BCUT2D eigenvalue weighted by molar-refractivity contribution is 6.27. The zero-order chi connectivity index (χ0) is 49.4. The molecule has 0 saturated carbocycles. The molecule has 0 unspecified atom stereocenters. The van der Waals surface area contributed by atoms with E-state index in [1.165, 1.54) is 103 Å². The van der Waals surface area contributed by atoms with E-state index in [4.69, 9.17) is 18.0 Å². The molecule has 0 heterocycles. The smallest absolute Gasteiger partial charge is 0.270 e. The van der Waals surface area contributed by atoms with Gasteiger partial charge in [-0.25, -0.2) is 14.7 Å². The van der Waals surface area contributed by atoms with E-state index in [0.29, 0.717) is 28.1 Å². The number of hydrogen-bond acceptors (Lipinski definition) is 5. The number of unbranched alkanes of at least 4 members (excludes halogenated alkanes) is 16. The van der Waals surface area contributed by atoms with Crippen LogP contribution in [0.1, 0.15) is 184 Å². The zero-order valence-electron chi connectivity index (χ0n) is 42.9. The largest absolute Gasteiger partial charge is 0.507 e. The van der Waals surface area contributed by atoms with Crippen molar-refractivity contribution in [3.8, 4) is 6.07 Å². The fourth-order valence-electron chi connectivity index (χ4n) is 11.2. The standard InChI is InChI=1S/C63H78N6O/c1-6-10-14-18-26-40-68(41-27-19-15-11-7-2)61-47-34-24-22-32-45(47)56(54-49(61)36-30-38-51(54)65)59-58(53(44-64)67-5)60(63(59)70)57-46-33-23-25-35-48(46)62(50-37-31-39-52(66)55(50)57)69(42-28-20-16-12-8-3)43-29-21-17-13-9-4/h22-25,30-39H,6-21,26-29,40-43,65-66H2,1-4H3/p+1. The van der Waals surface area contributed by atoms with Crippen LogP contribution in [0.4, 0.5) is 17.1 Å². The Balaban J connectivity index is 1.48. The fraction of sp³-hybridized carbons (Fsp3) is 0.444. The predicted molar refractivity (Wildman–Crippen MR) is 298 cm³/mol. The summed E-state index contributed by atoms with van der Waals surface area (Å²) >= 11 is 0. The number of aliphatic hydroxyl groups excluding tert-OH is 1. The lowest BCUT2D eigenvalue weighted by atomic mass is 9.69. The number of allylic oxidation sites excluding steroid dienone is 3. The van der Waals surface area contributed by atoms with Gasteiger partial charge in [0.2, 0.25) is 5.71 Å². The van der Waals surface area contributed by atoms with E-state index < -0.39 is 0 Å². The van der Waals surface area contributed by atoms with Crippen LogP contribution in [0.3, 0.4) is 0 Å². The van der Waals surface area contributed by atoms with Gasteiger partial charge >= 0.3 is 0 Å². The summed E-state index contributed by atoms with van der Waals surface area (Å²) in [5, 5.41) is 27.9. The normalized spacial score (nSPS) is 14.9. The monoisotopic (exact) mass is 936 g/mol. The molecule has 0 atom stereocenters. The molecular formula is C63H79N6O+. The molecular weight excluding hydrogens is 857 g/mol. The van der Waals surface area contributed by atoms with Crippen molar-refractivity contribution in [3.63, 3.8) is 0 Å². The molecule has 5 N–H and O–H groups in total. The molecule has 2 aliphatic carbocycles. The molecule has 5 aromatic rings. The average Bonchev–Trinajstić information content (AvgIpc) is 3.37. The van der Waals surface area contributed by atoms with Gasteiger partial charge in [0, 0.05) is 86.9 Å². The highest BCUT2D eigenvalue weighted by Crippen LogP contribution is 2.57. The molecule has 0 fully saturated rings. The maximum Gasteiger partial charge on any atom is 0.270 e. The van der Waals surface area contributed by atoms with E-state index >= 15 is 0 Å². The van der Waals surface area contributed by atoms with Gasteiger partial charge in [0.05, 0.1) is 29.5 Å². The van der Waals surface area contributed by atoms with E-state index in [-0.39, 0.29) is 11.5 Å². The highest BCUT2D eigenvalue weighted by Gasteiger charge is 2.43. The number of nitrogen functional groups attached to an aromatic ring is 2. The molecule has 7 nitrogen and oxygen atoms in total. The number of nitrogens with zero attached hydrogens (tertiary/aromatic N) is 4. The minimum absolute atomic E-state index is 0.0451. The third-order valence-corrected chi connectivity index (χ3v) is 14.8. The number of hydrogen-bond donors (Lipinski definition) is 3.